The largest absolute Gasteiger partial charge is 0.381 e. The molecule has 0 bridgehead atoms. The molecule has 1 aromatic heterocycles. The van der Waals surface area contributed by atoms with Crippen LogP contribution in [0.25, 0.3) is 0 Å². The fourth-order valence-corrected chi connectivity index (χ4v) is 1.95. The zero-order chi connectivity index (χ0) is 13.0. The van der Waals surface area contributed by atoms with Gasteiger partial charge < -0.3 is 14.6 Å². The zero-order valence-electron chi connectivity index (χ0n) is 10.2. The van der Waals surface area contributed by atoms with Crippen LogP contribution in [-0.2, 0) is 16.1 Å². The number of ether oxygens (including phenoxy) is 1. The van der Waals surface area contributed by atoms with Gasteiger partial charge in [-0.25, -0.2) is 0 Å². The Morgan fingerprint density at radius 1 is 1.61 bits per heavy atom. The highest BCUT2D eigenvalue weighted by Gasteiger charge is 2.40. The molecule has 1 N–H and O–H groups in total. The fraction of sp³-hybridized carbons (Fsp3) is 0.583. The highest BCUT2D eigenvalue weighted by molar-refractivity contribution is 5.85. The molecule has 0 atom stereocenters. The van der Waals surface area contributed by atoms with Crippen LogP contribution in [0.2, 0.25) is 0 Å². The number of hydrogen-bond acceptors (Lipinski definition) is 5. The van der Waals surface area contributed by atoms with Crippen molar-refractivity contribution in [2.75, 3.05) is 13.2 Å². The number of amides is 1. The number of nitrogens with one attached hydrogen (secondary N) is 1. The minimum absolute atomic E-state index is 0.256. The van der Waals surface area contributed by atoms with Crippen LogP contribution in [0.4, 0.5) is 0 Å². The summed E-state index contributed by atoms with van der Waals surface area (Å²) in [7, 11) is 0. The molecule has 1 aliphatic heterocycles. The molecule has 1 aromatic rings. The minimum atomic E-state index is -0.961. The van der Waals surface area contributed by atoms with Crippen molar-refractivity contribution >= 4 is 5.91 Å². The predicted octanol–water partition coefficient (Wildman–Crippen LogP) is 0.920. The molecule has 0 saturated carbocycles. The van der Waals surface area contributed by atoms with Gasteiger partial charge in [0.15, 0.2) is 0 Å². The van der Waals surface area contributed by atoms with Gasteiger partial charge >= 0.3 is 0 Å². The number of carbonyl (C=O) groups excluding carboxylic acids is 1. The molecule has 2 heterocycles. The molecule has 6 nitrogen and oxygen atoms in total. The summed E-state index contributed by atoms with van der Waals surface area (Å²) in [6.07, 6.45) is 0.875. The van der Waals surface area contributed by atoms with Crippen LogP contribution in [-0.4, -0.2) is 24.3 Å². The van der Waals surface area contributed by atoms with Crippen LogP contribution in [0.3, 0.4) is 0 Å². The molecule has 1 fully saturated rings. The van der Waals surface area contributed by atoms with E-state index in [1.54, 1.807) is 13.0 Å². The Morgan fingerprint density at radius 2 is 2.33 bits per heavy atom. The first kappa shape index (κ1) is 12.6. The number of nitriles is 1. The van der Waals surface area contributed by atoms with Crippen LogP contribution in [0, 0.1) is 23.7 Å². The second-order valence-electron chi connectivity index (χ2n) is 4.42. The van der Waals surface area contributed by atoms with Gasteiger partial charge in [0.2, 0.25) is 5.91 Å². The SMILES string of the molecule is Cc1cc(CNC(=O)C2(C#N)CCOCC2)no1. The van der Waals surface area contributed by atoms with Crippen molar-refractivity contribution < 1.29 is 14.1 Å². The van der Waals surface area contributed by atoms with E-state index in [2.05, 4.69) is 16.5 Å². The Morgan fingerprint density at radius 3 is 2.89 bits per heavy atom. The summed E-state index contributed by atoms with van der Waals surface area (Å²) >= 11 is 0. The molecule has 1 aliphatic rings. The highest BCUT2D eigenvalue weighted by atomic mass is 16.5. The van der Waals surface area contributed by atoms with E-state index < -0.39 is 5.41 Å². The van der Waals surface area contributed by atoms with E-state index in [9.17, 15) is 10.1 Å². The monoisotopic (exact) mass is 249 g/mol. The quantitative estimate of drug-likeness (QED) is 0.860. The molecule has 0 aromatic carbocycles. The molecule has 6 heteroatoms. The highest BCUT2D eigenvalue weighted by Crippen LogP contribution is 2.29. The standard InChI is InChI=1S/C12H15N3O3/c1-9-6-10(15-18-9)7-14-11(16)12(8-13)2-4-17-5-3-12/h6H,2-5,7H2,1H3,(H,14,16). The molecule has 0 spiro atoms. The van der Waals surface area contributed by atoms with Crippen LogP contribution in [0.15, 0.2) is 10.6 Å². The first-order valence-corrected chi connectivity index (χ1v) is 5.86. The summed E-state index contributed by atoms with van der Waals surface area (Å²) in [5.41, 5.74) is -0.308. The molecular weight excluding hydrogens is 234 g/mol. The first-order chi connectivity index (χ1) is 8.66. The summed E-state index contributed by atoms with van der Waals surface area (Å²) in [6, 6.07) is 3.88. The fourth-order valence-electron chi connectivity index (χ4n) is 1.95. The summed E-state index contributed by atoms with van der Waals surface area (Å²) < 4.78 is 10.1. The molecule has 96 valence electrons. The van der Waals surface area contributed by atoms with Crippen molar-refractivity contribution in [1.82, 2.24) is 10.5 Å². The molecule has 18 heavy (non-hydrogen) atoms. The lowest BCUT2D eigenvalue weighted by molar-refractivity contribution is -0.132. The zero-order valence-corrected chi connectivity index (χ0v) is 10.2. The smallest absolute Gasteiger partial charge is 0.240 e. The molecule has 1 saturated heterocycles. The summed E-state index contributed by atoms with van der Waals surface area (Å²) in [5.74, 6) is 0.439. The predicted molar refractivity (Wildman–Crippen MR) is 61.2 cm³/mol. The van der Waals surface area contributed by atoms with Gasteiger partial charge in [-0.3, -0.25) is 4.79 Å². The molecule has 1 amide bonds. The van der Waals surface area contributed by atoms with Crippen LogP contribution < -0.4 is 5.32 Å². The van der Waals surface area contributed by atoms with Gasteiger partial charge in [-0.05, 0) is 19.8 Å². The third-order valence-electron chi connectivity index (χ3n) is 3.10. The Labute approximate surface area is 105 Å². The Bertz CT molecular complexity index is 469. The molecule has 0 unspecified atom stereocenters. The Balaban J connectivity index is 1.96. The van der Waals surface area contributed by atoms with Gasteiger partial charge in [0, 0.05) is 19.3 Å². The average Bonchev–Trinajstić information content (AvgIpc) is 2.82. The number of carbonyl (C=O) groups is 1. The van der Waals surface area contributed by atoms with Crippen LogP contribution >= 0.6 is 0 Å². The lowest BCUT2D eigenvalue weighted by Crippen LogP contribution is -2.43. The van der Waals surface area contributed by atoms with E-state index in [0.717, 1.165) is 0 Å². The van der Waals surface area contributed by atoms with Crippen molar-refractivity contribution in [3.05, 3.63) is 17.5 Å². The Hall–Kier alpha value is -1.87. The van der Waals surface area contributed by atoms with Crippen LogP contribution in [0.1, 0.15) is 24.3 Å². The van der Waals surface area contributed by atoms with E-state index in [4.69, 9.17) is 9.26 Å². The maximum Gasteiger partial charge on any atom is 0.240 e. The van der Waals surface area contributed by atoms with Gasteiger partial charge in [-0.15, -0.1) is 0 Å². The van der Waals surface area contributed by atoms with Gasteiger partial charge in [0.25, 0.3) is 0 Å². The van der Waals surface area contributed by atoms with Crippen molar-refractivity contribution in [3.63, 3.8) is 0 Å². The maximum atomic E-state index is 12.1. The second kappa shape index (κ2) is 5.19. The number of hydrogen-bond donors (Lipinski definition) is 1. The van der Waals surface area contributed by atoms with Crippen molar-refractivity contribution in [3.8, 4) is 6.07 Å². The van der Waals surface area contributed by atoms with Gasteiger partial charge in [0.1, 0.15) is 16.9 Å². The normalized spacial score (nSPS) is 18.0. The van der Waals surface area contributed by atoms with E-state index in [1.165, 1.54) is 0 Å². The summed E-state index contributed by atoms with van der Waals surface area (Å²) in [5, 5.41) is 15.7. The number of aryl methyl sites for hydroxylation is 1. The second-order valence-corrected chi connectivity index (χ2v) is 4.42. The van der Waals surface area contributed by atoms with Crippen molar-refractivity contribution in [2.45, 2.75) is 26.3 Å². The van der Waals surface area contributed by atoms with E-state index in [0.29, 0.717) is 37.5 Å². The number of nitrogens with zero attached hydrogens (tertiary/aromatic N) is 2. The van der Waals surface area contributed by atoms with Gasteiger partial charge in [0.05, 0.1) is 12.6 Å². The maximum absolute atomic E-state index is 12.1. The lowest BCUT2D eigenvalue weighted by Gasteiger charge is -2.28. The molecular formula is C12H15N3O3. The summed E-state index contributed by atoms with van der Waals surface area (Å²) in [4.78, 5) is 12.1. The lowest BCUT2D eigenvalue weighted by atomic mass is 9.81. The molecule has 0 radical (unpaired) electrons. The van der Waals surface area contributed by atoms with E-state index in [-0.39, 0.29) is 12.5 Å². The van der Waals surface area contributed by atoms with Gasteiger partial charge in [-0.2, -0.15) is 5.26 Å². The van der Waals surface area contributed by atoms with Crippen molar-refractivity contribution in [1.29, 1.82) is 5.26 Å². The van der Waals surface area contributed by atoms with Crippen LogP contribution in [0.5, 0.6) is 0 Å². The number of rotatable bonds is 3. The van der Waals surface area contributed by atoms with E-state index >= 15 is 0 Å². The first-order valence-electron chi connectivity index (χ1n) is 5.86. The average molecular weight is 249 g/mol. The van der Waals surface area contributed by atoms with Crippen molar-refractivity contribution in [2.24, 2.45) is 5.41 Å². The minimum Gasteiger partial charge on any atom is -0.381 e. The topological polar surface area (TPSA) is 88.2 Å². The number of aromatic nitrogens is 1. The van der Waals surface area contributed by atoms with E-state index in [1.807, 2.05) is 0 Å². The molecule has 2 rings (SSSR count). The third kappa shape index (κ3) is 2.51. The van der Waals surface area contributed by atoms with Gasteiger partial charge in [-0.1, -0.05) is 5.16 Å². The molecule has 0 aliphatic carbocycles. The summed E-state index contributed by atoms with van der Waals surface area (Å²) in [6.45, 7) is 2.96. The third-order valence-corrected chi connectivity index (χ3v) is 3.10. The Kier molecular flexibility index (Phi) is 3.63.